The van der Waals surface area contributed by atoms with Gasteiger partial charge in [0, 0.05) is 58.9 Å². The van der Waals surface area contributed by atoms with Crippen LogP contribution in [-0.4, -0.2) is 183 Å². The molecule has 2 aliphatic heterocycles. The van der Waals surface area contributed by atoms with Crippen LogP contribution in [0.15, 0.2) is 12.4 Å². The molecule has 2 saturated heterocycles. The van der Waals surface area contributed by atoms with Gasteiger partial charge in [0.25, 0.3) is 0 Å². The summed E-state index contributed by atoms with van der Waals surface area (Å²) in [5.74, 6) is 3.86. The molecule has 5 heterocycles. The molecule has 0 aliphatic carbocycles. The third-order valence-corrected chi connectivity index (χ3v) is 12.3. The summed E-state index contributed by atoms with van der Waals surface area (Å²) >= 11 is 0. The lowest BCUT2D eigenvalue weighted by Gasteiger charge is -2.38. The Bertz CT molecular complexity index is 1950. The fourth-order valence-corrected chi connectivity index (χ4v) is 7.70. The monoisotopic (exact) mass is 924 g/mol. The van der Waals surface area contributed by atoms with Crippen LogP contribution in [0.5, 0.6) is 0 Å². The molecule has 0 radical (unpaired) electrons. The van der Waals surface area contributed by atoms with E-state index < -0.39 is 18.1 Å². The van der Waals surface area contributed by atoms with E-state index in [0.717, 1.165) is 25.7 Å². The van der Waals surface area contributed by atoms with Crippen LogP contribution < -0.4 is 32.3 Å². The molecule has 0 saturated carbocycles. The number of terminal acetylenes is 1. The molecular formula is C43H73N17O6. The van der Waals surface area contributed by atoms with Gasteiger partial charge in [-0.1, -0.05) is 56.9 Å². The number of aliphatic hydroxyl groups is 1. The average molecular weight is 924 g/mol. The van der Waals surface area contributed by atoms with Gasteiger partial charge in [-0.05, 0) is 37.6 Å². The van der Waals surface area contributed by atoms with E-state index in [-0.39, 0.29) is 42.9 Å². The molecule has 2 amide bonds. The lowest BCUT2D eigenvalue weighted by molar-refractivity contribution is -0.137. The number of anilines is 3. The van der Waals surface area contributed by atoms with Crippen LogP contribution in [0.4, 0.5) is 17.8 Å². The van der Waals surface area contributed by atoms with Gasteiger partial charge in [0.1, 0.15) is 24.4 Å². The van der Waals surface area contributed by atoms with Gasteiger partial charge in [-0.2, -0.15) is 15.0 Å². The highest BCUT2D eigenvalue weighted by atomic mass is 16.5. The third kappa shape index (κ3) is 14.5. The molecule has 0 spiro atoms. The number of amides is 2. The van der Waals surface area contributed by atoms with Gasteiger partial charge in [-0.25, -0.2) is 9.36 Å². The summed E-state index contributed by atoms with van der Waals surface area (Å²) in [4.78, 5) is 50.8. The number of unbranched alkanes of at least 4 members (excludes halogenated alkanes) is 1. The van der Waals surface area contributed by atoms with Crippen molar-refractivity contribution in [3.63, 3.8) is 0 Å². The Morgan fingerprint density at radius 3 is 1.92 bits per heavy atom. The summed E-state index contributed by atoms with van der Waals surface area (Å²) in [5, 5.41) is 30.0. The van der Waals surface area contributed by atoms with Gasteiger partial charge < -0.3 is 61.4 Å². The quantitative estimate of drug-likeness (QED) is 0.0478. The van der Waals surface area contributed by atoms with E-state index in [0.29, 0.717) is 134 Å². The number of hydrogen-bond acceptors (Lipinski definition) is 19. The number of ether oxygens (including phenoxy) is 3. The molecule has 8 N–H and O–H groups in total. The number of hydrogen-bond donors (Lipinski definition) is 5. The number of aliphatic hydroxyl groups excluding tert-OH is 1. The number of nitrogens with two attached hydrogens (primary N) is 3. The van der Waals surface area contributed by atoms with E-state index in [1.54, 1.807) is 15.6 Å². The topological polar surface area (TPSA) is 285 Å². The summed E-state index contributed by atoms with van der Waals surface area (Å²) in [6.07, 6.45) is 12.5. The summed E-state index contributed by atoms with van der Waals surface area (Å²) in [6, 6.07) is -2.07. The molecule has 6 atom stereocenters. The highest BCUT2D eigenvalue weighted by molar-refractivity contribution is 5.81. The number of nitrogens with zero attached hydrogens (tertiary/aromatic N) is 13. The van der Waals surface area contributed by atoms with Crippen LogP contribution in [0, 0.1) is 24.2 Å². The van der Waals surface area contributed by atoms with Crippen molar-refractivity contribution in [2.45, 2.75) is 84.0 Å². The van der Waals surface area contributed by atoms with E-state index in [9.17, 15) is 14.7 Å². The van der Waals surface area contributed by atoms with Crippen LogP contribution in [0.3, 0.4) is 0 Å². The Balaban J connectivity index is 1.26. The number of piperazine rings is 2. The lowest BCUT2D eigenvalue weighted by atomic mass is 9.97. The van der Waals surface area contributed by atoms with Crippen LogP contribution in [0.1, 0.15) is 95.4 Å². The third-order valence-electron chi connectivity index (χ3n) is 12.3. The molecule has 2 fully saturated rings. The van der Waals surface area contributed by atoms with Crippen molar-refractivity contribution in [2.75, 3.05) is 127 Å². The van der Waals surface area contributed by atoms with E-state index in [1.807, 2.05) is 29.8 Å². The molecule has 66 heavy (non-hydrogen) atoms. The molecule has 3 aromatic heterocycles. The van der Waals surface area contributed by atoms with Crippen LogP contribution >= 0.6 is 0 Å². The molecule has 0 aromatic carbocycles. The highest BCUT2D eigenvalue weighted by Crippen LogP contribution is 2.27. The van der Waals surface area contributed by atoms with Crippen molar-refractivity contribution >= 4 is 29.7 Å². The van der Waals surface area contributed by atoms with E-state index in [2.05, 4.69) is 55.5 Å². The average Bonchev–Trinajstić information content (AvgIpc) is 4.05. The number of nitrogens with one attached hydrogen (secondary N) is 1. The molecule has 2 aliphatic rings. The first kappa shape index (κ1) is 51.9. The number of carbonyl (C=O) groups excluding carboxylic acids is 2. The number of rotatable bonds is 28. The zero-order valence-electron chi connectivity index (χ0n) is 39.3. The van der Waals surface area contributed by atoms with Crippen LogP contribution in [-0.2, 0) is 23.8 Å². The van der Waals surface area contributed by atoms with E-state index in [1.165, 1.54) is 0 Å². The van der Waals surface area contributed by atoms with Gasteiger partial charge in [-0.15, -0.1) is 16.6 Å². The zero-order valence-corrected chi connectivity index (χ0v) is 39.3. The molecule has 23 nitrogen and oxygen atoms in total. The van der Waals surface area contributed by atoms with Gasteiger partial charge in [0.15, 0.2) is 0 Å². The number of carbonyl (C=O) groups is 2. The van der Waals surface area contributed by atoms with Crippen molar-refractivity contribution in [3.8, 4) is 12.3 Å². The SMILES string of the molecule is C#CCOCCOCCOCCNc1nc(N2CCN(C(=O)[C@H]([C@@H](C)CC)n3cc([C@@H](N)CO)nn3)CC2)nc(N2CCN(C(=O)[C@H](CCCCN)n3cc([C@@H](N)C(C)CC)nn3)CC2)n1. The zero-order chi connectivity index (χ0) is 47.4. The number of aromatic nitrogens is 9. The maximum absolute atomic E-state index is 14.2. The van der Waals surface area contributed by atoms with Gasteiger partial charge in [0.2, 0.25) is 29.7 Å². The molecular weight excluding hydrogens is 851 g/mol. The van der Waals surface area contributed by atoms with Crippen LogP contribution in [0.25, 0.3) is 0 Å². The maximum atomic E-state index is 14.2. The second-order valence-electron chi connectivity index (χ2n) is 16.9. The van der Waals surface area contributed by atoms with Crippen molar-refractivity contribution < 1.29 is 28.9 Å². The van der Waals surface area contributed by atoms with Crippen molar-refractivity contribution in [1.82, 2.24) is 54.7 Å². The molecule has 5 rings (SSSR count). The summed E-state index contributed by atoms with van der Waals surface area (Å²) in [7, 11) is 0. The Kier molecular flexibility index (Phi) is 21.2. The second kappa shape index (κ2) is 26.9. The molecule has 1 unspecified atom stereocenters. The highest BCUT2D eigenvalue weighted by Gasteiger charge is 2.35. The molecule has 3 aromatic rings. The Morgan fingerprint density at radius 1 is 0.773 bits per heavy atom. The van der Waals surface area contributed by atoms with Crippen molar-refractivity contribution in [3.05, 3.63) is 23.8 Å². The molecule has 366 valence electrons. The Labute approximate surface area is 388 Å². The normalized spacial score (nSPS) is 17.3. The molecule has 23 heteroatoms. The Hall–Kier alpha value is -5.09. The largest absolute Gasteiger partial charge is 0.394 e. The maximum Gasteiger partial charge on any atom is 0.247 e. The van der Waals surface area contributed by atoms with Crippen LogP contribution in [0.2, 0.25) is 0 Å². The summed E-state index contributed by atoms with van der Waals surface area (Å²) in [6.45, 7) is 14.9. The minimum absolute atomic E-state index is 0.0254. The predicted octanol–water partition coefficient (Wildman–Crippen LogP) is 0.142. The van der Waals surface area contributed by atoms with E-state index in [4.69, 9.17) is 52.8 Å². The fraction of sp³-hybridized carbons (Fsp3) is 0.744. The van der Waals surface area contributed by atoms with Gasteiger partial charge in [-0.3, -0.25) is 9.59 Å². The smallest absolute Gasteiger partial charge is 0.247 e. The molecule has 0 bridgehead atoms. The lowest BCUT2D eigenvalue weighted by Crippen LogP contribution is -2.52. The minimum atomic E-state index is -0.684. The second-order valence-corrected chi connectivity index (χ2v) is 16.9. The first-order valence-corrected chi connectivity index (χ1v) is 23.4. The first-order chi connectivity index (χ1) is 32.0. The Morgan fingerprint density at radius 2 is 1.33 bits per heavy atom. The minimum Gasteiger partial charge on any atom is -0.394 e. The van der Waals surface area contributed by atoms with Crippen molar-refractivity contribution in [2.24, 2.45) is 29.0 Å². The fourth-order valence-electron chi connectivity index (χ4n) is 7.70. The van der Waals surface area contributed by atoms with Crippen molar-refractivity contribution in [1.29, 1.82) is 0 Å². The predicted molar refractivity (Wildman–Crippen MR) is 248 cm³/mol. The summed E-state index contributed by atoms with van der Waals surface area (Å²) < 4.78 is 19.8. The first-order valence-electron chi connectivity index (χ1n) is 23.4. The van der Waals surface area contributed by atoms with Gasteiger partial charge >= 0.3 is 0 Å². The van der Waals surface area contributed by atoms with Gasteiger partial charge in [0.05, 0.1) is 69.8 Å². The summed E-state index contributed by atoms with van der Waals surface area (Å²) in [5.41, 5.74) is 19.4. The standard InChI is InChI=1S/C43H73N17O6/c1-6-22-64-24-26-66-27-25-65-23-13-47-41-48-42(57-18-14-55(15-19-57)39(62)36(11-9-10-12-44)59-29-35(52-53-59)37(46)31(4)7-2)50-43(49-41)58-20-16-56(17-21-58)40(63)38(32(5)8-3)60-28-34(51-54-60)33(45)30-61/h1,28-29,31-33,36-38,61H,7-27,30,44-46H2,2-5H3,(H,47,48,49,50)/t31?,32-,33-,36-,37-,38-/m0/s1. The van der Waals surface area contributed by atoms with E-state index >= 15 is 0 Å².